The van der Waals surface area contributed by atoms with Gasteiger partial charge in [-0.05, 0) is 48.5 Å². The molecule has 0 aliphatic rings. The van der Waals surface area contributed by atoms with E-state index >= 15 is 0 Å². The van der Waals surface area contributed by atoms with Crippen LogP contribution in [0.25, 0.3) is 0 Å². The number of halogens is 1. The lowest BCUT2D eigenvalue weighted by atomic mass is 10.3. The van der Waals surface area contributed by atoms with E-state index in [0.717, 1.165) is 10.7 Å². The van der Waals surface area contributed by atoms with Crippen molar-refractivity contribution in [1.29, 1.82) is 0 Å². The first-order chi connectivity index (χ1) is 11.5. The summed E-state index contributed by atoms with van der Waals surface area (Å²) in [5, 5.41) is 10.3. The van der Waals surface area contributed by atoms with Crippen LogP contribution < -0.4 is 10.4 Å². The highest BCUT2D eigenvalue weighted by Crippen LogP contribution is 2.16. The second-order valence-electron chi connectivity index (χ2n) is 5.43. The molecule has 0 spiro atoms. The third kappa shape index (κ3) is 3.67. The van der Waals surface area contributed by atoms with E-state index in [1.54, 1.807) is 12.1 Å². The Morgan fingerprint density at radius 2 is 2.00 bits per heavy atom. The van der Waals surface area contributed by atoms with E-state index in [1.807, 2.05) is 19.2 Å². The van der Waals surface area contributed by atoms with Gasteiger partial charge in [-0.25, -0.2) is 14.2 Å². The molecule has 0 atom stereocenters. The summed E-state index contributed by atoms with van der Waals surface area (Å²) >= 11 is 1.43. The molecule has 3 rings (SSSR count). The number of nitrogens with zero attached hydrogens (tertiary/aromatic N) is 5. The van der Waals surface area contributed by atoms with Crippen LogP contribution in [0.15, 0.2) is 34.4 Å². The van der Waals surface area contributed by atoms with Gasteiger partial charge in [-0.2, -0.15) is 9.36 Å². The van der Waals surface area contributed by atoms with Crippen molar-refractivity contribution in [3.05, 3.63) is 56.6 Å². The zero-order chi connectivity index (χ0) is 17.1. The maximum atomic E-state index is 12.8. The number of ether oxygens (including phenoxy) is 1. The minimum Gasteiger partial charge on any atom is -0.486 e. The summed E-state index contributed by atoms with van der Waals surface area (Å²) < 4.78 is 21.0. The second-order valence-corrected chi connectivity index (χ2v) is 6.38. The van der Waals surface area contributed by atoms with E-state index in [4.69, 9.17) is 4.74 Å². The Morgan fingerprint density at radius 3 is 2.67 bits per heavy atom. The van der Waals surface area contributed by atoms with Crippen LogP contribution in [0.5, 0.6) is 5.75 Å². The second kappa shape index (κ2) is 6.91. The first kappa shape index (κ1) is 16.3. The van der Waals surface area contributed by atoms with Gasteiger partial charge in [0.2, 0.25) is 0 Å². The number of tetrazole rings is 1. The van der Waals surface area contributed by atoms with Crippen molar-refractivity contribution in [1.82, 2.24) is 24.8 Å². The standard InChI is InChI=1S/C15H16FN5O2S/c1-10(2)21-15(22)20(18-19-21)7-12-9-24-14(17-12)8-23-13-5-3-11(16)4-6-13/h3-6,9-10H,7-8H2,1-2H3. The molecule has 0 aliphatic carbocycles. The Hall–Kier alpha value is -2.55. The summed E-state index contributed by atoms with van der Waals surface area (Å²) in [7, 11) is 0. The molecule has 3 aromatic rings. The molecule has 0 radical (unpaired) electrons. The van der Waals surface area contributed by atoms with Crippen LogP contribution in [0.4, 0.5) is 4.39 Å². The third-order valence-electron chi connectivity index (χ3n) is 3.24. The lowest BCUT2D eigenvalue weighted by molar-refractivity contribution is 0.304. The van der Waals surface area contributed by atoms with Crippen molar-refractivity contribution in [2.75, 3.05) is 0 Å². The van der Waals surface area contributed by atoms with Crippen LogP contribution in [0, 0.1) is 5.82 Å². The summed E-state index contributed by atoms with van der Waals surface area (Å²) in [6.07, 6.45) is 0. The van der Waals surface area contributed by atoms with E-state index < -0.39 is 0 Å². The summed E-state index contributed by atoms with van der Waals surface area (Å²) in [4.78, 5) is 16.5. The van der Waals surface area contributed by atoms with Gasteiger partial charge < -0.3 is 4.74 Å². The molecule has 0 saturated heterocycles. The first-order valence-electron chi connectivity index (χ1n) is 7.37. The predicted molar refractivity (Wildman–Crippen MR) is 86.6 cm³/mol. The number of hydrogen-bond acceptors (Lipinski definition) is 6. The van der Waals surface area contributed by atoms with Crippen molar-refractivity contribution in [3.63, 3.8) is 0 Å². The normalized spacial score (nSPS) is 11.2. The molecule has 2 aromatic heterocycles. The van der Waals surface area contributed by atoms with Gasteiger partial charge in [0.25, 0.3) is 0 Å². The summed E-state index contributed by atoms with van der Waals surface area (Å²) in [5.74, 6) is 0.267. The Bertz CT molecular complexity index is 869. The Kier molecular flexibility index (Phi) is 4.70. The molecule has 0 N–H and O–H groups in total. The molecule has 1 aromatic carbocycles. The van der Waals surface area contributed by atoms with E-state index in [-0.39, 0.29) is 30.7 Å². The van der Waals surface area contributed by atoms with E-state index in [0.29, 0.717) is 5.75 Å². The lowest BCUT2D eigenvalue weighted by Crippen LogP contribution is -2.27. The zero-order valence-corrected chi connectivity index (χ0v) is 14.0. The maximum Gasteiger partial charge on any atom is 0.364 e. The minimum atomic E-state index is -0.307. The SMILES string of the molecule is CC(C)n1nnn(Cc2csc(COc3ccc(F)cc3)n2)c1=O. The molecule has 0 unspecified atom stereocenters. The molecule has 7 nitrogen and oxygen atoms in total. The highest BCUT2D eigenvalue weighted by Gasteiger charge is 2.11. The average molecular weight is 349 g/mol. The van der Waals surface area contributed by atoms with Crippen LogP contribution in [-0.2, 0) is 13.2 Å². The molecular weight excluding hydrogens is 333 g/mol. The smallest absolute Gasteiger partial charge is 0.364 e. The Morgan fingerprint density at radius 1 is 1.25 bits per heavy atom. The lowest BCUT2D eigenvalue weighted by Gasteiger charge is -2.03. The molecule has 24 heavy (non-hydrogen) atoms. The number of aromatic nitrogens is 5. The van der Waals surface area contributed by atoms with Gasteiger partial charge in [0.05, 0.1) is 18.3 Å². The summed E-state index contributed by atoms with van der Waals surface area (Å²) in [6, 6.07) is 5.77. The van der Waals surface area contributed by atoms with Crippen LogP contribution in [0.2, 0.25) is 0 Å². The fourth-order valence-electron chi connectivity index (χ4n) is 2.03. The quantitative estimate of drug-likeness (QED) is 0.682. The van der Waals surface area contributed by atoms with Gasteiger partial charge in [0, 0.05) is 5.38 Å². The minimum absolute atomic E-state index is 0.0404. The summed E-state index contributed by atoms with van der Waals surface area (Å²) in [6.45, 7) is 4.28. The molecule has 2 heterocycles. The average Bonchev–Trinajstić information content (AvgIpc) is 3.15. The van der Waals surface area contributed by atoms with Crippen LogP contribution in [0.3, 0.4) is 0 Å². The molecule has 9 heteroatoms. The van der Waals surface area contributed by atoms with Crippen molar-refractivity contribution < 1.29 is 9.13 Å². The van der Waals surface area contributed by atoms with Crippen molar-refractivity contribution in [2.24, 2.45) is 0 Å². The van der Waals surface area contributed by atoms with E-state index in [9.17, 15) is 9.18 Å². The van der Waals surface area contributed by atoms with E-state index in [2.05, 4.69) is 15.4 Å². The van der Waals surface area contributed by atoms with Gasteiger partial charge >= 0.3 is 5.69 Å². The third-order valence-corrected chi connectivity index (χ3v) is 4.11. The van der Waals surface area contributed by atoms with Gasteiger partial charge in [-0.3, -0.25) is 0 Å². The number of benzene rings is 1. The van der Waals surface area contributed by atoms with Gasteiger partial charge in [-0.1, -0.05) is 0 Å². The highest BCUT2D eigenvalue weighted by molar-refractivity contribution is 7.09. The molecule has 0 saturated carbocycles. The molecular formula is C15H16FN5O2S. The molecule has 0 fully saturated rings. The Balaban J connectivity index is 1.63. The predicted octanol–water partition coefficient (Wildman–Crippen LogP) is 2.24. The van der Waals surface area contributed by atoms with Crippen LogP contribution >= 0.6 is 11.3 Å². The first-order valence-corrected chi connectivity index (χ1v) is 8.25. The van der Waals surface area contributed by atoms with Crippen LogP contribution in [0.1, 0.15) is 30.6 Å². The van der Waals surface area contributed by atoms with Gasteiger partial charge in [0.15, 0.2) is 0 Å². The zero-order valence-electron chi connectivity index (χ0n) is 13.2. The van der Waals surface area contributed by atoms with Crippen molar-refractivity contribution in [3.8, 4) is 5.75 Å². The summed E-state index contributed by atoms with van der Waals surface area (Å²) in [5.41, 5.74) is 0.456. The fourth-order valence-corrected chi connectivity index (χ4v) is 2.72. The highest BCUT2D eigenvalue weighted by atomic mass is 32.1. The number of thiazole rings is 1. The van der Waals surface area contributed by atoms with Crippen molar-refractivity contribution >= 4 is 11.3 Å². The Labute approximate surface area is 141 Å². The van der Waals surface area contributed by atoms with Gasteiger partial charge in [0.1, 0.15) is 23.2 Å². The number of rotatable bonds is 6. The monoisotopic (exact) mass is 349 g/mol. The van der Waals surface area contributed by atoms with E-state index in [1.165, 1.54) is 32.8 Å². The molecule has 126 valence electrons. The largest absolute Gasteiger partial charge is 0.486 e. The topological polar surface area (TPSA) is 74.8 Å². The molecule has 0 aliphatic heterocycles. The van der Waals surface area contributed by atoms with Crippen LogP contribution in [-0.4, -0.2) is 24.8 Å². The number of hydrogen-bond donors (Lipinski definition) is 0. The molecule has 0 bridgehead atoms. The van der Waals surface area contributed by atoms with Gasteiger partial charge in [-0.15, -0.1) is 11.3 Å². The maximum absolute atomic E-state index is 12.8. The molecule has 0 amide bonds. The van der Waals surface area contributed by atoms with Crippen molar-refractivity contribution in [2.45, 2.75) is 33.0 Å². The fraction of sp³-hybridized carbons (Fsp3) is 0.333.